The zero-order chi connectivity index (χ0) is 13.7. The Labute approximate surface area is 109 Å². The van der Waals surface area contributed by atoms with E-state index in [1.807, 2.05) is 6.92 Å². The first-order valence-corrected chi connectivity index (χ1v) is 6.66. The maximum absolute atomic E-state index is 11.9. The first-order valence-electron chi connectivity index (χ1n) is 6.66. The summed E-state index contributed by atoms with van der Waals surface area (Å²) in [6.45, 7) is 3.87. The van der Waals surface area contributed by atoms with Gasteiger partial charge in [-0.05, 0) is 25.7 Å². The van der Waals surface area contributed by atoms with Crippen molar-refractivity contribution < 1.29 is 14.7 Å². The number of aliphatic carboxylic acids is 1. The fraction of sp³-hybridized carbons (Fsp3) is 0.846. The van der Waals surface area contributed by atoms with Gasteiger partial charge in [0.15, 0.2) is 0 Å². The van der Waals surface area contributed by atoms with Crippen LogP contribution in [-0.2, 0) is 4.79 Å². The first kappa shape index (κ1) is 14.8. The van der Waals surface area contributed by atoms with Crippen LogP contribution >= 0.6 is 0 Å². The number of rotatable bonds is 5. The Balaban J connectivity index is 2.36. The van der Waals surface area contributed by atoms with Gasteiger partial charge in [0, 0.05) is 19.6 Å². The van der Waals surface area contributed by atoms with Crippen LogP contribution in [0.2, 0.25) is 0 Å². The van der Waals surface area contributed by atoms with E-state index >= 15 is 0 Å². The molecule has 1 fully saturated rings. The molecule has 2 atom stereocenters. The molecule has 1 saturated carbocycles. The third kappa shape index (κ3) is 4.20. The molecule has 2 N–H and O–H groups in total. The zero-order valence-electron chi connectivity index (χ0n) is 11.5. The van der Waals surface area contributed by atoms with Crippen molar-refractivity contribution in [2.45, 2.75) is 45.6 Å². The van der Waals surface area contributed by atoms with Gasteiger partial charge in [0.05, 0.1) is 5.92 Å². The summed E-state index contributed by atoms with van der Waals surface area (Å²) in [6.07, 6.45) is 4.85. The van der Waals surface area contributed by atoms with Crippen LogP contribution in [0.25, 0.3) is 0 Å². The number of hydrogen-bond donors (Lipinski definition) is 2. The van der Waals surface area contributed by atoms with Crippen molar-refractivity contribution in [2.24, 2.45) is 11.8 Å². The highest BCUT2D eigenvalue weighted by molar-refractivity contribution is 5.75. The second-order valence-corrected chi connectivity index (χ2v) is 5.40. The normalized spacial score (nSPS) is 19.3. The minimum absolute atomic E-state index is 0.169. The van der Waals surface area contributed by atoms with Crippen molar-refractivity contribution in [1.82, 2.24) is 10.2 Å². The molecule has 0 heterocycles. The highest BCUT2D eigenvalue weighted by Crippen LogP contribution is 2.27. The molecule has 0 aromatic heterocycles. The quantitative estimate of drug-likeness (QED) is 0.789. The van der Waals surface area contributed by atoms with Gasteiger partial charge in [-0.15, -0.1) is 0 Å². The van der Waals surface area contributed by atoms with Gasteiger partial charge in [-0.25, -0.2) is 4.79 Å². The topological polar surface area (TPSA) is 69.6 Å². The Kier molecular flexibility index (Phi) is 5.44. The lowest BCUT2D eigenvalue weighted by molar-refractivity contribution is -0.141. The van der Waals surface area contributed by atoms with Crippen LogP contribution in [0.4, 0.5) is 4.79 Å². The predicted octanol–water partition coefficient (Wildman–Crippen LogP) is 1.93. The molecule has 5 nitrogen and oxygen atoms in total. The summed E-state index contributed by atoms with van der Waals surface area (Å²) in [7, 11) is 1.64. The third-order valence-corrected chi connectivity index (χ3v) is 3.77. The summed E-state index contributed by atoms with van der Waals surface area (Å²) in [5.41, 5.74) is 0. The van der Waals surface area contributed by atoms with E-state index in [0.29, 0.717) is 5.92 Å². The minimum Gasteiger partial charge on any atom is -0.481 e. The van der Waals surface area contributed by atoms with Crippen LogP contribution in [0.15, 0.2) is 0 Å². The second-order valence-electron chi connectivity index (χ2n) is 5.40. The maximum Gasteiger partial charge on any atom is 0.317 e. The Morgan fingerprint density at radius 3 is 2.39 bits per heavy atom. The molecule has 1 aliphatic rings. The average molecular weight is 256 g/mol. The van der Waals surface area contributed by atoms with Crippen molar-refractivity contribution in [3.63, 3.8) is 0 Å². The Morgan fingerprint density at radius 1 is 1.33 bits per heavy atom. The van der Waals surface area contributed by atoms with Gasteiger partial charge in [0.25, 0.3) is 0 Å². The van der Waals surface area contributed by atoms with Gasteiger partial charge in [0.2, 0.25) is 0 Å². The molecular formula is C13H24N2O3. The minimum atomic E-state index is -0.876. The van der Waals surface area contributed by atoms with Crippen LogP contribution in [0, 0.1) is 11.8 Å². The maximum atomic E-state index is 11.9. The summed E-state index contributed by atoms with van der Waals surface area (Å²) < 4.78 is 0. The monoisotopic (exact) mass is 256 g/mol. The number of amides is 2. The molecule has 0 saturated heterocycles. The van der Waals surface area contributed by atoms with E-state index in [4.69, 9.17) is 5.11 Å². The standard InChI is InChI=1S/C13H24N2O3/c1-9(12(16)17)8-15(3)13(18)14-10(2)11-6-4-5-7-11/h9-11H,4-8H2,1-3H3,(H,14,18)(H,16,17)/t9?,10-/m0/s1. The van der Waals surface area contributed by atoms with Crippen molar-refractivity contribution in [3.8, 4) is 0 Å². The molecule has 0 aliphatic heterocycles. The second kappa shape index (κ2) is 6.61. The Hall–Kier alpha value is -1.26. The van der Waals surface area contributed by atoms with Gasteiger partial charge in [-0.2, -0.15) is 0 Å². The smallest absolute Gasteiger partial charge is 0.317 e. The summed E-state index contributed by atoms with van der Waals surface area (Å²) in [5.74, 6) is -0.847. The van der Waals surface area contributed by atoms with E-state index in [1.54, 1.807) is 14.0 Å². The molecule has 0 spiro atoms. The van der Waals surface area contributed by atoms with Crippen molar-refractivity contribution >= 4 is 12.0 Å². The lowest BCUT2D eigenvalue weighted by Crippen LogP contribution is -2.46. The molecule has 0 bridgehead atoms. The molecule has 0 aromatic rings. The highest BCUT2D eigenvalue weighted by Gasteiger charge is 2.24. The van der Waals surface area contributed by atoms with E-state index in [-0.39, 0.29) is 18.6 Å². The van der Waals surface area contributed by atoms with E-state index < -0.39 is 11.9 Å². The number of nitrogens with one attached hydrogen (secondary N) is 1. The predicted molar refractivity (Wildman–Crippen MR) is 69.4 cm³/mol. The van der Waals surface area contributed by atoms with Crippen molar-refractivity contribution in [1.29, 1.82) is 0 Å². The fourth-order valence-corrected chi connectivity index (χ4v) is 2.45. The van der Waals surface area contributed by atoms with Crippen molar-refractivity contribution in [3.05, 3.63) is 0 Å². The number of urea groups is 1. The van der Waals surface area contributed by atoms with Crippen LogP contribution in [-0.4, -0.2) is 41.6 Å². The van der Waals surface area contributed by atoms with Crippen LogP contribution < -0.4 is 5.32 Å². The van der Waals surface area contributed by atoms with Gasteiger partial charge < -0.3 is 15.3 Å². The fourth-order valence-electron chi connectivity index (χ4n) is 2.45. The summed E-state index contributed by atoms with van der Waals surface area (Å²) in [5, 5.41) is 11.8. The van der Waals surface area contributed by atoms with E-state index in [2.05, 4.69) is 5.32 Å². The van der Waals surface area contributed by atoms with Crippen LogP contribution in [0.3, 0.4) is 0 Å². The molecular weight excluding hydrogens is 232 g/mol. The Morgan fingerprint density at radius 2 is 1.89 bits per heavy atom. The molecule has 5 heteroatoms. The summed E-state index contributed by atoms with van der Waals surface area (Å²) >= 11 is 0. The molecule has 1 aliphatic carbocycles. The van der Waals surface area contributed by atoms with E-state index in [1.165, 1.54) is 30.6 Å². The molecule has 2 amide bonds. The number of carboxylic acid groups (broad SMARTS) is 1. The van der Waals surface area contributed by atoms with Gasteiger partial charge in [0.1, 0.15) is 0 Å². The molecule has 0 aromatic carbocycles. The lowest BCUT2D eigenvalue weighted by atomic mass is 10.00. The number of carbonyl (C=O) groups excluding carboxylic acids is 1. The number of carbonyl (C=O) groups is 2. The third-order valence-electron chi connectivity index (χ3n) is 3.77. The van der Waals surface area contributed by atoms with E-state index in [9.17, 15) is 9.59 Å². The zero-order valence-corrected chi connectivity index (χ0v) is 11.5. The van der Waals surface area contributed by atoms with E-state index in [0.717, 1.165) is 0 Å². The molecule has 1 unspecified atom stereocenters. The van der Waals surface area contributed by atoms with Gasteiger partial charge in [-0.1, -0.05) is 19.8 Å². The van der Waals surface area contributed by atoms with Crippen LogP contribution in [0.1, 0.15) is 39.5 Å². The lowest BCUT2D eigenvalue weighted by Gasteiger charge is -2.25. The summed E-state index contributed by atoms with van der Waals surface area (Å²) in [6, 6.07) is -0.00918. The number of nitrogens with zero attached hydrogens (tertiary/aromatic N) is 1. The Bertz CT molecular complexity index is 301. The van der Waals surface area contributed by atoms with Gasteiger partial charge in [-0.3, -0.25) is 4.79 Å². The number of hydrogen-bond acceptors (Lipinski definition) is 2. The number of carboxylic acids is 1. The molecule has 104 valence electrons. The molecule has 18 heavy (non-hydrogen) atoms. The SMILES string of the molecule is CC(CN(C)C(=O)N[C@@H](C)C1CCCC1)C(=O)O. The molecule has 0 radical (unpaired) electrons. The molecule has 1 rings (SSSR count). The van der Waals surface area contributed by atoms with Crippen LogP contribution in [0.5, 0.6) is 0 Å². The highest BCUT2D eigenvalue weighted by atomic mass is 16.4. The van der Waals surface area contributed by atoms with Crippen molar-refractivity contribution in [2.75, 3.05) is 13.6 Å². The first-order chi connectivity index (χ1) is 8.41. The average Bonchev–Trinajstić information content (AvgIpc) is 2.81. The van der Waals surface area contributed by atoms with Gasteiger partial charge >= 0.3 is 12.0 Å². The summed E-state index contributed by atoms with van der Waals surface area (Å²) in [4.78, 5) is 24.1. The largest absolute Gasteiger partial charge is 0.481 e.